The molecule has 13 heavy (non-hydrogen) atoms. The number of aliphatic hydroxyl groups is 1. The molecule has 3 nitrogen and oxygen atoms in total. The summed E-state index contributed by atoms with van der Waals surface area (Å²) in [5, 5.41) is 12.2. The Morgan fingerprint density at radius 1 is 1.54 bits per heavy atom. The minimum absolute atomic E-state index is 0.0840. The molecule has 0 spiro atoms. The maximum atomic E-state index is 8.90. The van der Waals surface area contributed by atoms with Crippen molar-refractivity contribution < 1.29 is 5.11 Å². The molecule has 2 N–H and O–H groups in total. The van der Waals surface area contributed by atoms with Gasteiger partial charge in [0.05, 0.1) is 6.61 Å². The first-order valence-electron chi connectivity index (χ1n) is 4.68. The van der Waals surface area contributed by atoms with Gasteiger partial charge in [-0.1, -0.05) is 0 Å². The molecule has 3 heteroatoms. The summed E-state index contributed by atoms with van der Waals surface area (Å²) in [5.74, 6) is 1.72. The molecule has 1 aliphatic rings. The highest BCUT2D eigenvalue weighted by molar-refractivity contribution is 5.37. The number of anilines is 1. The topological polar surface area (TPSA) is 45.2 Å². The van der Waals surface area contributed by atoms with Crippen LogP contribution < -0.4 is 5.32 Å². The third-order valence-corrected chi connectivity index (χ3v) is 2.28. The van der Waals surface area contributed by atoms with E-state index in [0.717, 1.165) is 23.8 Å². The summed E-state index contributed by atoms with van der Waals surface area (Å²) in [6, 6.07) is 3.71. The van der Waals surface area contributed by atoms with Crippen LogP contribution in [0, 0.1) is 5.92 Å². The maximum absolute atomic E-state index is 8.90. The quantitative estimate of drug-likeness (QED) is 0.732. The molecule has 0 unspecified atom stereocenters. The van der Waals surface area contributed by atoms with Crippen molar-refractivity contribution in [3.8, 4) is 0 Å². The third kappa shape index (κ3) is 2.42. The fraction of sp³-hybridized carbons (Fsp3) is 0.500. The Morgan fingerprint density at radius 2 is 2.38 bits per heavy atom. The zero-order valence-corrected chi connectivity index (χ0v) is 7.53. The number of hydrogen-bond acceptors (Lipinski definition) is 3. The van der Waals surface area contributed by atoms with E-state index in [2.05, 4.69) is 10.3 Å². The standard InChI is InChI=1S/C10H14N2O/c13-7-9-3-4-11-10(5-9)12-6-8-1-2-8/h3-5,8,13H,1-2,6-7H2,(H,11,12). The van der Waals surface area contributed by atoms with E-state index in [9.17, 15) is 0 Å². The average molecular weight is 178 g/mol. The molecule has 0 aromatic carbocycles. The molecule has 1 aromatic rings. The Balaban J connectivity index is 1.93. The number of aromatic nitrogens is 1. The van der Waals surface area contributed by atoms with Gasteiger partial charge >= 0.3 is 0 Å². The summed E-state index contributed by atoms with van der Waals surface area (Å²) in [4.78, 5) is 4.16. The number of aliphatic hydroxyl groups excluding tert-OH is 1. The first-order valence-corrected chi connectivity index (χ1v) is 4.68. The second-order valence-corrected chi connectivity index (χ2v) is 3.53. The highest BCUT2D eigenvalue weighted by atomic mass is 16.3. The van der Waals surface area contributed by atoms with Gasteiger partial charge in [0.15, 0.2) is 0 Å². The van der Waals surface area contributed by atoms with Gasteiger partial charge in [0.2, 0.25) is 0 Å². The smallest absolute Gasteiger partial charge is 0.126 e. The van der Waals surface area contributed by atoms with E-state index >= 15 is 0 Å². The Bertz CT molecular complexity index is 284. The van der Waals surface area contributed by atoms with Gasteiger partial charge in [-0.15, -0.1) is 0 Å². The molecule has 1 fully saturated rings. The number of rotatable bonds is 4. The van der Waals surface area contributed by atoms with Crippen LogP contribution in [0.15, 0.2) is 18.3 Å². The Hall–Kier alpha value is -1.09. The molecule has 0 saturated heterocycles. The van der Waals surface area contributed by atoms with E-state index in [4.69, 9.17) is 5.11 Å². The average Bonchev–Trinajstić information content (AvgIpc) is 2.99. The molecule has 0 bridgehead atoms. The zero-order chi connectivity index (χ0) is 9.10. The van der Waals surface area contributed by atoms with Gasteiger partial charge in [0.25, 0.3) is 0 Å². The molecule has 0 amide bonds. The van der Waals surface area contributed by atoms with E-state index in [1.807, 2.05) is 12.1 Å². The summed E-state index contributed by atoms with van der Waals surface area (Å²) in [5.41, 5.74) is 0.910. The Labute approximate surface area is 77.8 Å². The molecule has 1 aliphatic carbocycles. The predicted octanol–water partition coefficient (Wildman–Crippen LogP) is 1.40. The summed E-state index contributed by atoms with van der Waals surface area (Å²) in [7, 11) is 0. The highest BCUT2D eigenvalue weighted by Crippen LogP contribution is 2.28. The predicted molar refractivity (Wildman–Crippen MR) is 51.4 cm³/mol. The first kappa shape index (κ1) is 8.51. The van der Waals surface area contributed by atoms with Gasteiger partial charge in [-0.3, -0.25) is 0 Å². The number of nitrogens with one attached hydrogen (secondary N) is 1. The summed E-state index contributed by atoms with van der Waals surface area (Å²) in [6.45, 7) is 1.10. The molecule has 1 saturated carbocycles. The Kier molecular flexibility index (Phi) is 2.45. The van der Waals surface area contributed by atoms with Crippen molar-refractivity contribution in [1.82, 2.24) is 4.98 Å². The van der Waals surface area contributed by atoms with Gasteiger partial charge in [-0.25, -0.2) is 4.98 Å². The molecule has 1 heterocycles. The monoisotopic (exact) mass is 178 g/mol. The van der Waals surface area contributed by atoms with Crippen LogP contribution >= 0.6 is 0 Å². The van der Waals surface area contributed by atoms with E-state index in [1.165, 1.54) is 12.8 Å². The minimum atomic E-state index is 0.0840. The third-order valence-electron chi connectivity index (χ3n) is 2.28. The second kappa shape index (κ2) is 3.75. The van der Waals surface area contributed by atoms with Crippen molar-refractivity contribution in [1.29, 1.82) is 0 Å². The summed E-state index contributed by atoms with van der Waals surface area (Å²) in [6.07, 6.45) is 4.40. The molecular weight excluding hydrogens is 164 g/mol. The van der Waals surface area contributed by atoms with Crippen molar-refractivity contribution in [3.05, 3.63) is 23.9 Å². The maximum Gasteiger partial charge on any atom is 0.126 e. The normalized spacial score (nSPS) is 15.8. The fourth-order valence-corrected chi connectivity index (χ4v) is 1.24. The van der Waals surface area contributed by atoms with Crippen LogP contribution in [-0.4, -0.2) is 16.6 Å². The van der Waals surface area contributed by atoms with E-state index in [1.54, 1.807) is 6.20 Å². The molecule has 0 radical (unpaired) electrons. The summed E-state index contributed by atoms with van der Waals surface area (Å²) >= 11 is 0. The summed E-state index contributed by atoms with van der Waals surface area (Å²) < 4.78 is 0. The van der Waals surface area contributed by atoms with Gasteiger partial charge in [0, 0.05) is 12.7 Å². The van der Waals surface area contributed by atoms with Crippen LogP contribution in [0.2, 0.25) is 0 Å². The molecule has 1 aromatic heterocycles. The zero-order valence-electron chi connectivity index (χ0n) is 7.53. The lowest BCUT2D eigenvalue weighted by Crippen LogP contribution is -2.05. The highest BCUT2D eigenvalue weighted by Gasteiger charge is 2.20. The van der Waals surface area contributed by atoms with Crippen LogP contribution in [0.4, 0.5) is 5.82 Å². The molecule has 2 rings (SSSR count). The van der Waals surface area contributed by atoms with Crippen molar-refractivity contribution >= 4 is 5.82 Å². The molecule has 70 valence electrons. The van der Waals surface area contributed by atoms with Crippen LogP contribution in [0.25, 0.3) is 0 Å². The lowest BCUT2D eigenvalue weighted by atomic mass is 10.3. The van der Waals surface area contributed by atoms with Gasteiger partial charge in [-0.05, 0) is 36.5 Å². The van der Waals surface area contributed by atoms with E-state index in [-0.39, 0.29) is 6.61 Å². The SMILES string of the molecule is OCc1ccnc(NCC2CC2)c1. The number of pyridine rings is 1. The van der Waals surface area contributed by atoms with Crippen LogP contribution in [0.3, 0.4) is 0 Å². The number of hydrogen-bond donors (Lipinski definition) is 2. The fourth-order valence-electron chi connectivity index (χ4n) is 1.24. The second-order valence-electron chi connectivity index (χ2n) is 3.53. The lowest BCUT2D eigenvalue weighted by molar-refractivity contribution is 0.282. The van der Waals surface area contributed by atoms with Gasteiger partial charge in [0.1, 0.15) is 5.82 Å². The number of nitrogens with zero attached hydrogens (tertiary/aromatic N) is 1. The molecular formula is C10H14N2O. The van der Waals surface area contributed by atoms with Gasteiger partial charge < -0.3 is 10.4 Å². The van der Waals surface area contributed by atoms with Crippen LogP contribution in [0.1, 0.15) is 18.4 Å². The molecule has 0 atom stereocenters. The van der Waals surface area contributed by atoms with Crippen LogP contribution in [-0.2, 0) is 6.61 Å². The Morgan fingerprint density at radius 3 is 3.08 bits per heavy atom. The lowest BCUT2D eigenvalue weighted by Gasteiger charge is -2.04. The van der Waals surface area contributed by atoms with E-state index < -0.39 is 0 Å². The van der Waals surface area contributed by atoms with Crippen LogP contribution in [0.5, 0.6) is 0 Å². The molecule has 0 aliphatic heterocycles. The van der Waals surface area contributed by atoms with E-state index in [0.29, 0.717) is 0 Å². The van der Waals surface area contributed by atoms with Gasteiger partial charge in [-0.2, -0.15) is 0 Å². The first-order chi connectivity index (χ1) is 6.38. The van der Waals surface area contributed by atoms with Crippen molar-refractivity contribution in [2.45, 2.75) is 19.4 Å². The van der Waals surface area contributed by atoms with Crippen molar-refractivity contribution in [3.63, 3.8) is 0 Å². The van der Waals surface area contributed by atoms with Crippen molar-refractivity contribution in [2.24, 2.45) is 5.92 Å². The minimum Gasteiger partial charge on any atom is -0.392 e. The van der Waals surface area contributed by atoms with Crippen molar-refractivity contribution in [2.75, 3.05) is 11.9 Å². The largest absolute Gasteiger partial charge is 0.392 e.